The molecule has 2 aromatic heterocycles. The van der Waals surface area contributed by atoms with Crippen molar-refractivity contribution in [3.8, 4) is 0 Å². The van der Waals surface area contributed by atoms with Crippen LogP contribution in [0.5, 0.6) is 0 Å². The Labute approximate surface area is 141 Å². The molecule has 1 aliphatic heterocycles. The molecular formula is C17H23N5O2. The van der Waals surface area contributed by atoms with Gasteiger partial charge in [0, 0.05) is 31.7 Å². The fraction of sp³-hybridized carbons (Fsp3) is 0.471. The van der Waals surface area contributed by atoms with Gasteiger partial charge in [-0.2, -0.15) is 0 Å². The normalized spacial score (nSPS) is 20.6. The summed E-state index contributed by atoms with van der Waals surface area (Å²) in [7, 11) is 4.10. The van der Waals surface area contributed by atoms with E-state index in [0.717, 1.165) is 25.5 Å². The number of nitrogens with zero attached hydrogens (tertiary/aromatic N) is 4. The highest BCUT2D eigenvalue weighted by molar-refractivity contribution is 5.95. The molecule has 0 spiro atoms. The summed E-state index contributed by atoms with van der Waals surface area (Å²) in [5, 5.41) is 3.17. The molecule has 0 unspecified atom stereocenters. The molecule has 7 nitrogen and oxygen atoms in total. The molecule has 0 saturated carbocycles. The number of hydrogen-bond donors (Lipinski definition) is 1. The van der Waals surface area contributed by atoms with Crippen LogP contribution in [-0.4, -0.2) is 60.5 Å². The van der Waals surface area contributed by atoms with E-state index >= 15 is 0 Å². The lowest BCUT2D eigenvalue weighted by Crippen LogP contribution is -2.43. The van der Waals surface area contributed by atoms with Gasteiger partial charge in [-0.25, -0.2) is 9.97 Å². The van der Waals surface area contributed by atoms with Crippen LogP contribution in [0.15, 0.2) is 35.3 Å². The first-order valence-electron chi connectivity index (χ1n) is 8.05. The molecule has 0 aromatic carbocycles. The van der Waals surface area contributed by atoms with E-state index in [1.54, 1.807) is 31.8 Å². The van der Waals surface area contributed by atoms with Crippen molar-refractivity contribution in [1.29, 1.82) is 0 Å². The molecule has 0 aliphatic carbocycles. The lowest BCUT2D eigenvalue weighted by molar-refractivity contribution is 0.0926. The van der Waals surface area contributed by atoms with E-state index in [-0.39, 0.29) is 11.9 Å². The third kappa shape index (κ3) is 3.56. The zero-order valence-electron chi connectivity index (χ0n) is 14.3. The van der Waals surface area contributed by atoms with Crippen LogP contribution < -0.4 is 10.2 Å². The molecule has 3 rings (SSSR count). The van der Waals surface area contributed by atoms with E-state index in [2.05, 4.69) is 25.1 Å². The van der Waals surface area contributed by atoms with Gasteiger partial charge < -0.3 is 19.5 Å². The molecule has 1 fully saturated rings. The minimum atomic E-state index is -0.0838. The minimum absolute atomic E-state index is 0.0594. The minimum Gasteiger partial charge on any atom is -0.469 e. The highest BCUT2D eigenvalue weighted by Crippen LogP contribution is 2.23. The predicted molar refractivity (Wildman–Crippen MR) is 91.0 cm³/mol. The van der Waals surface area contributed by atoms with Crippen molar-refractivity contribution in [3.05, 3.63) is 42.2 Å². The highest BCUT2D eigenvalue weighted by atomic mass is 16.3. The Bertz CT molecular complexity index is 685. The van der Waals surface area contributed by atoms with Gasteiger partial charge in [0.1, 0.15) is 17.9 Å². The first-order chi connectivity index (χ1) is 11.5. The van der Waals surface area contributed by atoms with Gasteiger partial charge in [-0.1, -0.05) is 0 Å². The average molecular weight is 329 g/mol. The van der Waals surface area contributed by atoms with Crippen molar-refractivity contribution in [2.24, 2.45) is 5.92 Å². The van der Waals surface area contributed by atoms with Crippen molar-refractivity contribution >= 4 is 11.7 Å². The second-order valence-corrected chi connectivity index (χ2v) is 6.47. The van der Waals surface area contributed by atoms with Gasteiger partial charge in [-0.15, -0.1) is 0 Å². The molecule has 0 radical (unpaired) electrons. The van der Waals surface area contributed by atoms with Crippen LogP contribution in [0.4, 0.5) is 5.82 Å². The van der Waals surface area contributed by atoms with Crippen molar-refractivity contribution in [2.75, 3.05) is 38.6 Å². The van der Waals surface area contributed by atoms with E-state index in [1.807, 2.05) is 20.2 Å². The number of hydrogen-bond acceptors (Lipinski definition) is 6. The topological polar surface area (TPSA) is 74.5 Å². The third-order valence-corrected chi connectivity index (χ3v) is 4.35. The second-order valence-electron chi connectivity index (χ2n) is 6.47. The molecule has 7 heteroatoms. The molecule has 24 heavy (non-hydrogen) atoms. The van der Waals surface area contributed by atoms with Gasteiger partial charge in [0.25, 0.3) is 5.91 Å². The summed E-state index contributed by atoms with van der Waals surface area (Å²) < 4.78 is 5.24. The molecule has 1 saturated heterocycles. The van der Waals surface area contributed by atoms with E-state index in [4.69, 9.17) is 4.42 Å². The number of carbonyl (C=O) groups excluding carboxylic acids is 1. The van der Waals surface area contributed by atoms with Crippen molar-refractivity contribution in [1.82, 2.24) is 20.2 Å². The summed E-state index contributed by atoms with van der Waals surface area (Å²) in [6.07, 6.45) is 4.84. The summed E-state index contributed by atoms with van der Waals surface area (Å²) >= 11 is 0. The van der Waals surface area contributed by atoms with Crippen LogP contribution in [0.1, 0.15) is 16.1 Å². The third-order valence-electron chi connectivity index (χ3n) is 4.35. The molecule has 0 bridgehead atoms. The van der Waals surface area contributed by atoms with Crippen molar-refractivity contribution in [3.63, 3.8) is 0 Å². The zero-order valence-corrected chi connectivity index (χ0v) is 14.3. The number of rotatable bonds is 5. The standard InChI is InChI=1S/C17H23N5O2/c1-12-14(5-7-24-12)17(23)20-15-10-22(9-13(15)8-21(2)3)16-4-6-18-11-19-16/h4-7,11,13,15H,8-10H2,1-3H3,(H,20,23)/t13-,15-/m1/s1. The molecule has 3 heterocycles. The second kappa shape index (κ2) is 7.00. The largest absolute Gasteiger partial charge is 0.469 e. The van der Waals surface area contributed by atoms with E-state index in [9.17, 15) is 4.79 Å². The average Bonchev–Trinajstić information content (AvgIpc) is 3.14. The lowest BCUT2D eigenvalue weighted by atomic mass is 10.0. The Morgan fingerprint density at radius 2 is 2.25 bits per heavy atom. The summed E-state index contributed by atoms with van der Waals surface area (Å²) in [4.78, 5) is 25.2. The fourth-order valence-corrected chi connectivity index (χ4v) is 3.21. The molecule has 2 aromatic rings. The van der Waals surface area contributed by atoms with Crippen LogP contribution in [-0.2, 0) is 0 Å². The number of anilines is 1. The SMILES string of the molecule is Cc1occc1C(=O)N[C@@H]1CN(c2ccncn2)C[C@H]1CN(C)C. The van der Waals surface area contributed by atoms with E-state index < -0.39 is 0 Å². The summed E-state index contributed by atoms with van der Waals surface area (Å²) in [6.45, 7) is 4.29. The number of aromatic nitrogens is 2. The number of carbonyl (C=O) groups is 1. The lowest BCUT2D eigenvalue weighted by Gasteiger charge is -2.22. The van der Waals surface area contributed by atoms with Gasteiger partial charge in [-0.05, 0) is 33.2 Å². The van der Waals surface area contributed by atoms with Gasteiger partial charge in [-0.3, -0.25) is 4.79 Å². The maximum atomic E-state index is 12.5. The zero-order chi connectivity index (χ0) is 17.1. The van der Waals surface area contributed by atoms with Gasteiger partial charge in [0.05, 0.1) is 17.9 Å². The highest BCUT2D eigenvalue weighted by Gasteiger charge is 2.35. The van der Waals surface area contributed by atoms with Crippen LogP contribution in [0.2, 0.25) is 0 Å². The molecule has 1 amide bonds. The number of aryl methyl sites for hydroxylation is 1. The Balaban J connectivity index is 1.74. The van der Waals surface area contributed by atoms with Gasteiger partial charge in [0.2, 0.25) is 0 Å². The Kier molecular flexibility index (Phi) is 4.80. The Morgan fingerprint density at radius 1 is 1.42 bits per heavy atom. The molecule has 1 aliphatic rings. The molecule has 1 N–H and O–H groups in total. The first-order valence-corrected chi connectivity index (χ1v) is 8.05. The Hall–Kier alpha value is -2.41. The number of amides is 1. The predicted octanol–water partition coefficient (Wildman–Crippen LogP) is 1.17. The maximum Gasteiger partial charge on any atom is 0.255 e. The first kappa shape index (κ1) is 16.4. The van der Waals surface area contributed by atoms with Crippen molar-refractivity contribution < 1.29 is 9.21 Å². The fourth-order valence-electron chi connectivity index (χ4n) is 3.21. The molecular weight excluding hydrogens is 306 g/mol. The summed E-state index contributed by atoms with van der Waals surface area (Å²) in [5.41, 5.74) is 0.596. The van der Waals surface area contributed by atoms with Crippen LogP contribution in [0, 0.1) is 12.8 Å². The Morgan fingerprint density at radius 3 is 2.88 bits per heavy atom. The van der Waals surface area contributed by atoms with E-state index in [0.29, 0.717) is 17.2 Å². The van der Waals surface area contributed by atoms with Crippen LogP contribution in [0.25, 0.3) is 0 Å². The van der Waals surface area contributed by atoms with Gasteiger partial charge in [0.15, 0.2) is 0 Å². The monoisotopic (exact) mass is 329 g/mol. The quantitative estimate of drug-likeness (QED) is 0.888. The summed E-state index contributed by atoms with van der Waals surface area (Å²) in [5.74, 6) is 1.78. The summed E-state index contributed by atoms with van der Waals surface area (Å²) in [6, 6.07) is 3.67. The van der Waals surface area contributed by atoms with Crippen molar-refractivity contribution in [2.45, 2.75) is 13.0 Å². The smallest absolute Gasteiger partial charge is 0.255 e. The van der Waals surface area contributed by atoms with Crippen LogP contribution >= 0.6 is 0 Å². The number of nitrogens with one attached hydrogen (secondary N) is 1. The van der Waals surface area contributed by atoms with E-state index in [1.165, 1.54) is 0 Å². The molecule has 2 atom stereocenters. The number of furan rings is 1. The maximum absolute atomic E-state index is 12.5. The molecule has 128 valence electrons. The van der Waals surface area contributed by atoms with Gasteiger partial charge >= 0.3 is 0 Å². The van der Waals surface area contributed by atoms with Crippen LogP contribution in [0.3, 0.4) is 0 Å².